The van der Waals surface area contributed by atoms with Crippen molar-refractivity contribution in [2.45, 2.75) is 17.2 Å². The van der Waals surface area contributed by atoms with Gasteiger partial charge in [0.1, 0.15) is 4.21 Å². The molecule has 0 radical (unpaired) electrons. The fourth-order valence-electron chi connectivity index (χ4n) is 1.98. The number of carbonyl (C=O) groups excluding carboxylic acids is 1. The van der Waals surface area contributed by atoms with E-state index in [0.29, 0.717) is 10.9 Å². The Bertz CT molecular complexity index is 587. The lowest BCUT2D eigenvalue weighted by atomic mass is 10.2. The number of nitrogens with zero attached hydrogens (tertiary/aromatic N) is 1. The molecule has 0 saturated carbocycles. The molecule has 9 heteroatoms. The molecule has 1 aromatic rings. The molecule has 6 nitrogen and oxygen atoms in total. The monoisotopic (exact) mass is 337 g/mol. The molecule has 2 rings (SSSR count). The van der Waals surface area contributed by atoms with E-state index in [1.165, 1.54) is 12.1 Å². The van der Waals surface area contributed by atoms with Crippen LogP contribution in [0.3, 0.4) is 0 Å². The molecule has 2 N–H and O–H groups in total. The number of thiophene rings is 1. The summed E-state index contributed by atoms with van der Waals surface area (Å²) in [6.45, 7) is 3.73. The highest BCUT2D eigenvalue weighted by molar-refractivity contribution is 7.91. The van der Waals surface area contributed by atoms with Gasteiger partial charge in [-0.1, -0.05) is 11.6 Å². The Morgan fingerprint density at radius 1 is 1.60 bits per heavy atom. The van der Waals surface area contributed by atoms with E-state index in [0.717, 1.165) is 24.4 Å². The number of sulfonamides is 1. The van der Waals surface area contributed by atoms with Crippen LogP contribution in [0.15, 0.2) is 16.3 Å². The summed E-state index contributed by atoms with van der Waals surface area (Å²) in [4.78, 5) is 13.7. The zero-order chi connectivity index (χ0) is 14.8. The van der Waals surface area contributed by atoms with Crippen LogP contribution in [0.1, 0.15) is 6.92 Å². The molecule has 1 aliphatic heterocycles. The number of hydrogen-bond acceptors (Lipinski definition) is 5. The summed E-state index contributed by atoms with van der Waals surface area (Å²) >= 11 is 6.68. The Balaban J connectivity index is 1.96. The first-order valence-electron chi connectivity index (χ1n) is 6.15. The number of carbonyl (C=O) groups is 1. The third-order valence-electron chi connectivity index (χ3n) is 3.05. The van der Waals surface area contributed by atoms with Crippen LogP contribution in [0.4, 0.5) is 0 Å². The number of nitrogens with one attached hydrogen (secondary N) is 2. The highest BCUT2D eigenvalue weighted by Gasteiger charge is 2.25. The minimum atomic E-state index is -3.67. The molecule has 0 spiro atoms. The standard InChI is InChI=1S/C11H16ClN3O3S2/c1-8-6-13-4-5-15(8)10(16)7-14-20(17,18)11-3-2-9(12)19-11/h2-3,8,13-14H,4-7H2,1H3/t8-/m1/s1. The summed E-state index contributed by atoms with van der Waals surface area (Å²) in [5.41, 5.74) is 0. The van der Waals surface area contributed by atoms with Crippen molar-refractivity contribution in [3.05, 3.63) is 16.5 Å². The van der Waals surface area contributed by atoms with E-state index in [4.69, 9.17) is 11.6 Å². The molecule has 2 heterocycles. The Hall–Kier alpha value is -0.670. The first-order valence-corrected chi connectivity index (χ1v) is 8.83. The van der Waals surface area contributed by atoms with Crippen LogP contribution in [0.5, 0.6) is 0 Å². The van der Waals surface area contributed by atoms with Gasteiger partial charge in [0, 0.05) is 25.7 Å². The molecule has 0 aliphatic carbocycles. The minimum absolute atomic E-state index is 0.0666. The number of halogens is 1. The van der Waals surface area contributed by atoms with Crippen molar-refractivity contribution in [3.8, 4) is 0 Å². The summed E-state index contributed by atoms with van der Waals surface area (Å²) in [5, 5.41) is 3.17. The number of piperazine rings is 1. The maximum absolute atomic E-state index is 12.0. The quantitative estimate of drug-likeness (QED) is 0.838. The van der Waals surface area contributed by atoms with Gasteiger partial charge in [0.15, 0.2) is 0 Å². The average molecular weight is 338 g/mol. The fourth-order valence-corrected chi connectivity index (χ4v) is 4.48. The summed E-state index contributed by atoms with van der Waals surface area (Å²) in [6.07, 6.45) is 0. The Morgan fingerprint density at radius 2 is 2.35 bits per heavy atom. The molecular weight excluding hydrogens is 322 g/mol. The van der Waals surface area contributed by atoms with Crippen molar-refractivity contribution in [2.24, 2.45) is 0 Å². The highest BCUT2D eigenvalue weighted by atomic mass is 35.5. The molecule has 1 saturated heterocycles. The van der Waals surface area contributed by atoms with Crippen molar-refractivity contribution in [1.29, 1.82) is 0 Å². The summed E-state index contributed by atoms with van der Waals surface area (Å²) < 4.78 is 26.8. The number of amides is 1. The first kappa shape index (κ1) is 15.7. The van der Waals surface area contributed by atoms with E-state index >= 15 is 0 Å². The Kier molecular flexibility index (Phi) is 5.03. The van der Waals surface area contributed by atoms with Gasteiger partial charge < -0.3 is 10.2 Å². The number of hydrogen-bond donors (Lipinski definition) is 2. The van der Waals surface area contributed by atoms with Crippen LogP contribution in [0.2, 0.25) is 4.34 Å². The molecule has 0 unspecified atom stereocenters. The van der Waals surface area contributed by atoms with Gasteiger partial charge in [0.2, 0.25) is 5.91 Å². The summed E-state index contributed by atoms with van der Waals surface area (Å²) in [6, 6.07) is 3.01. The van der Waals surface area contributed by atoms with Crippen molar-refractivity contribution in [3.63, 3.8) is 0 Å². The van der Waals surface area contributed by atoms with Crippen molar-refractivity contribution in [2.75, 3.05) is 26.2 Å². The smallest absolute Gasteiger partial charge is 0.250 e. The molecule has 1 fully saturated rings. The minimum Gasteiger partial charge on any atom is -0.336 e. The van der Waals surface area contributed by atoms with Gasteiger partial charge in [-0.3, -0.25) is 4.79 Å². The van der Waals surface area contributed by atoms with E-state index in [9.17, 15) is 13.2 Å². The zero-order valence-electron chi connectivity index (χ0n) is 10.9. The van der Waals surface area contributed by atoms with E-state index in [-0.39, 0.29) is 22.7 Å². The van der Waals surface area contributed by atoms with Gasteiger partial charge in [-0.25, -0.2) is 13.1 Å². The molecule has 20 heavy (non-hydrogen) atoms. The van der Waals surface area contributed by atoms with Gasteiger partial charge in [-0.2, -0.15) is 0 Å². The second kappa shape index (κ2) is 6.40. The van der Waals surface area contributed by atoms with Crippen LogP contribution in [0, 0.1) is 0 Å². The van der Waals surface area contributed by atoms with Gasteiger partial charge >= 0.3 is 0 Å². The van der Waals surface area contributed by atoms with Gasteiger partial charge in [0.05, 0.1) is 10.9 Å². The molecule has 0 bridgehead atoms. The maximum atomic E-state index is 12.0. The second-order valence-corrected chi connectivity index (χ2v) is 8.23. The molecule has 112 valence electrons. The topological polar surface area (TPSA) is 78.5 Å². The third kappa shape index (κ3) is 3.70. The molecule has 1 aliphatic rings. The van der Waals surface area contributed by atoms with E-state index in [2.05, 4.69) is 10.0 Å². The van der Waals surface area contributed by atoms with E-state index < -0.39 is 10.0 Å². The normalized spacial score (nSPS) is 20.1. The van der Waals surface area contributed by atoms with Gasteiger partial charge in [-0.05, 0) is 19.1 Å². The number of rotatable bonds is 4. The zero-order valence-corrected chi connectivity index (χ0v) is 13.3. The molecule has 0 aromatic carbocycles. The van der Waals surface area contributed by atoms with Gasteiger partial charge in [0.25, 0.3) is 10.0 Å². The Labute approximate surface area is 127 Å². The molecule has 1 aromatic heterocycles. The van der Waals surface area contributed by atoms with E-state index in [1.54, 1.807) is 4.90 Å². The van der Waals surface area contributed by atoms with Crippen LogP contribution < -0.4 is 10.0 Å². The molecular formula is C11H16ClN3O3S2. The summed E-state index contributed by atoms with van der Waals surface area (Å²) in [5.74, 6) is -0.217. The van der Waals surface area contributed by atoms with Crippen molar-refractivity contribution < 1.29 is 13.2 Å². The lowest BCUT2D eigenvalue weighted by molar-refractivity contribution is -0.132. The predicted molar refractivity (Wildman–Crippen MR) is 78.6 cm³/mol. The highest BCUT2D eigenvalue weighted by Crippen LogP contribution is 2.25. The fraction of sp³-hybridized carbons (Fsp3) is 0.545. The van der Waals surface area contributed by atoms with Crippen molar-refractivity contribution in [1.82, 2.24) is 14.9 Å². The van der Waals surface area contributed by atoms with Crippen LogP contribution in [-0.4, -0.2) is 51.4 Å². The van der Waals surface area contributed by atoms with Crippen LogP contribution in [-0.2, 0) is 14.8 Å². The SMILES string of the molecule is C[C@@H]1CNCCN1C(=O)CNS(=O)(=O)c1ccc(Cl)s1. The Morgan fingerprint density at radius 3 is 2.95 bits per heavy atom. The second-order valence-electron chi connectivity index (χ2n) is 4.52. The lowest BCUT2D eigenvalue weighted by Gasteiger charge is -2.34. The lowest BCUT2D eigenvalue weighted by Crippen LogP contribution is -2.54. The largest absolute Gasteiger partial charge is 0.336 e. The summed E-state index contributed by atoms with van der Waals surface area (Å²) in [7, 11) is -3.67. The third-order valence-corrected chi connectivity index (χ3v) is 6.17. The van der Waals surface area contributed by atoms with E-state index in [1.807, 2.05) is 6.92 Å². The van der Waals surface area contributed by atoms with Crippen molar-refractivity contribution >= 4 is 38.9 Å². The van der Waals surface area contributed by atoms with Gasteiger partial charge in [-0.15, -0.1) is 11.3 Å². The first-order chi connectivity index (χ1) is 9.40. The predicted octanol–water partition coefficient (Wildman–Crippen LogP) is 0.500. The molecule has 1 amide bonds. The maximum Gasteiger partial charge on any atom is 0.250 e. The van der Waals surface area contributed by atoms with Crippen LogP contribution >= 0.6 is 22.9 Å². The van der Waals surface area contributed by atoms with Crippen LogP contribution in [0.25, 0.3) is 0 Å². The average Bonchev–Trinajstić information content (AvgIpc) is 2.84. The molecule has 1 atom stereocenters.